The van der Waals surface area contributed by atoms with Gasteiger partial charge in [-0.05, 0) is 75.6 Å². The first-order chi connectivity index (χ1) is 22.7. The Balaban J connectivity index is 1.36. The summed E-state index contributed by atoms with van der Waals surface area (Å²) in [5, 5.41) is 14.3. The summed E-state index contributed by atoms with van der Waals surface area (Å²) in [6.45, 7) is 6.88. The van der Waals surface area contributed by atoms with Crippen molar-refractivity contribution in [3.8, 4) is 11.1 Å². The standard InChI is InChI=1S/C34H42ClN5O8/c1-34(2,3)48-33(44)38-14-11-22(12-15-38)7-10-30(41)39-13-5-6-24(21-39)32(43)37-28(18-31(42)47-4)26-16-25(19-36-20-26)23-8-9-27(35)29(17-23)40(45)46/h5,8-9,13,16-17,19-20,22,24,28H,6-7,10-12,14-15,18,21H2,1-4H3,(H,37,43)/t24-,28?/m1/s1. The number of nitro benzene ring substituents is 1. The van der Waals surface area contributed by atoms with E-state index < -0.39 is 28.5 Å². The number of nitro groups is 1. The van der Waals surface area contributed by atoms with E-state index in [1.165, 1.54) is 31.6 Å². The number of benzene rings is 1. The number of piperidine rings is 1. The number of hydrogen-bond donors (Lipinski definition) is 1. The number of carbonyl (C=O) groups is 4. The number of hydrogen-bond acceptors (Lipinski definition) is 9. The van der Waals surface area contributed by atoms with Crippen molar-refractivity contribution in [2.45, 2.75) is 70.9 Å². The number of pyridine rings is 1. The number of amides is 3. The molecule has 2 aliphatic heterocycles. The molecule has 4 rings (SSSR count). The molecule has 1 aromatic heterocycles. The van der Waals surface area contributed by atoms with E-state index in [0.717, 1.165) is 12.8 Å². The van der Waals surface area contributed by atoms with Gasteiger partial charge in [0.25, 0.3) is 5.69 Å². The van der Waals surface area contributed by atoms with Gasteiger partial charge in [0, 0.05) is 56.3 Å². The van der Waals surface area contributed by atoms with Gasteiger partial charge < -0.3 is 24.6 Å². The normalized spacial score (nSPS) is 17.4. The van der Waals surface area contributed by atoms with Gasteiger partial charge in [-0.1, -0.05) is 23.7 Å². The number of ether oxygens (including phenoxy) is 2. The van der Waals surface area contributed by atoms with Gasteiger partial charge >= 0.3 is 12.1 Å². The van der Waals surface area contributed by atoms with Crippen LogP contribution in [0.25, 0.3) is 11.1 Å². The highest BCUT2D eigenvalue weighted by molar-refractivity contribution is 6.32. The van der Waals surface area contributed by atoms with Gasteiger partial charge in [0.05, 0.1) is 30.4 Å². The predicted molar refractivity (Wildman–Crippen MR) is 178 cm³/mol. The second kappa shape index (κ2) is 16.1. The molecule has 0 spiro atoms. The van der Waals surface area contributed by atoms with Gasteiger partial charge in [0.2, 0.25) is 11.8 Å². The molecule has 48 heavy (non-hydrogen) atoms. The summed E-state index contributed by atoms with van der Waals surface area (Å²) in [4.78, 5) is 69.8. The number of likely N-dealkylation sites (tertiary alicyclic amines) is 1. The van der Waals surface area contributed by atoms with Gasteiger partial charge in [-0.25, -0.2) is 4.79 Å². The molecule has 2 atom stereocenters. The molecule has 1 N–H and O–H groups in total. The van der Waals surface area contributed by atoms with Crippen LogP contribution in [0.2, 0.25) is 5.02 Å². The summed E-state index contributed by atoms with van der Waals surface area (Å²) in [6.07, 6.45) is 9.04. The minimum absolute atomic E-state index is 0.00151. The number of methoxy groups -OCH3 is 1. The van der Waals surface area contributed by atoms with Crippen molar-refractivity contribution in [2.24, 2.45) is 11.8 Å². The third-order valence-corrected chi connectivity index (χ3v) is 8.72. The molecule has 13 nitrogen and oxygen atoms in total. The van der Waals surface area contributed by atoms with Gasteiger partial charge in [-0.15, -0.1) is 0 Å². The topological polar surface area (TPSA) is 161 Å². The molecule has 1 aromatic carbocycles. The van der Waals surface area contributed by atoms with Crippen molar-refractivity contribution in [3.05, 3.63) is 69.6 Å². The molecule has 0 bridgehead atoms. The summed E-state index contributed by atoms with van der Waals surface area (Å²) in [5.41, 5.74) is 0.716. The van der Waals surface area contributed by atoms with Crippen molar-refractivity contribution in [3.63, 3.8) is 0 Å². The second-order valence-electron chi connectivity index (χ2n) is 13.1. The Morgan fingerprint density at radius 2 is 1.85 bits per heavy atom. The molecule has 1 saturated heterocycles. The maximum atomic E-state index is 13.5. The van der Waals surface area contributed by atoms with E-state index in [4.69, 9.17) is 21.1 Å². The number of rotatable bonds is 10. The Hall–Kier alpha value is -4.52. The quantitative estimate of drug-likeness (QED) is 0.185. The van der Waals surface area contributed by atoms with Crippen molar-refractivity contribution < 1.29 is 33.6 Å². The Labute approximate surface area is 284 Å². The molecule has 0 saturated carbocycles. The fourth-order valence-corrected chi connectivity index (χ4v) is 5.92. The van der Waals surface area contributed by atoms with Crippen LogP contribution < -0.4 is 5.32 Å². The average Bonchev–Trinajstić information content (AvgIpc) is 3.06. The first-order valence-electron chi connectivity index (χ1n) is 15.9. The number of aromatic nitrogens is 1. The van der Waals surface area contributed by atoms with E-state index in [9.17, 15) is 29.3 Å². The number of halogens is 1. The molecule has 1 unspecified atom stereocenters. The Morgan fingerprint density at radius 3 is 2.52 bits per heavy atom. The van der Waals surface area contributed by atoms with Crippen LogP contribution in [0.15, 0.2) is 48.9 Å². The second-order valence-corrected chi connectivity index (χ2v) is 13.5. The lowest BCUT2D eigenvalue weighted by Gasteiger charge is -2.34. The zero-order valence-electron chi connectivity index (χ0n) is 27.6. The van der Waals surface area contributed by atoms with Gasteiger partial charge in [0.1, 0.15) is 10.6 Å². The molecular formula is C34H42ClN5O8. The third kappa shape index (κ3) is 9.99. The minimum atomic E-state index is -0.804. The van der Waals surface area contributed by atoms with E-state index in [-0.39, 0.29) is 41.6 Å². The lowest BCUT2D eigenvalue weighted by Crippen LogP contribution is -2.43. The molecule has 0 aliphatic carbocycles. The van der Waals surface area contributed by atoms with Crippen molar-refractivity contribution in [1.82, 2.24) is 20.1 Å². The maximum absolute atomic E-state index is 13.5. The van der Waals surface area contributed by atoms with Gasteiger partial charge in [-0.2, -0.15) is 0 Å². The molecule has 2 aliphatic rings. The van der Waals surface area contributed by atoms with Crippen LogP contribution in [-0.4, -0.2) is 75.9 Å². The Bertz CT molecular complexity index is 1550. The molecule has 3 amide bonds. The zero-order valence-corrected chi connectivity index (χ0v) is 28.4. The average molecular weight is 684 g/mol. The van der Waals surface area contributed by atoms with Crippen LogP contribution in [0, 0.1) is 22.0 Å². The number of allylic oxidation sites excluding steroid dienone is 1. The minimum Gasteiger partial charge on any atom is -0.469 e. The molecule has 2 aromatic rings. The number of carbonyl (C=O) groups excluding carboxylic acids is 4. The first-order valence-corrected chi connectivity index (χ1v) is 16.3. The molecule has 0 radical (unpaired) electrons. The highest BCUT2D eigenvalue weighted by Crippen LogP contribution is 2.32. The van der Waals surface area contributed by atoms with Crippen LogP contribution in [0.4, 0.5) is 10.5 Å². The summed E-state index contributed by atoms with van der Waals surface area (Å²) in [7, 11) is 1.25. The molecular weight excluding hydrogens is 642 g/mol. The summed E-state index contributed by atoms with van der Waals surface area (Å²) >= 11 is 5.98. The zero-order chi connectivity index (χ0) is 35.0. The lowest BCUT2D eigenvalue weighted by atomic mass is 9.92. The maximum Gasteiger partial charge on any atom is 0.410 e. The highest BCUT2D eigenvalue weighted by atomic mass is 35.5. The van der Waals surface area contributed by atoms with Gasteiger partial charge in [-0.3, -0.25) is 29.5 Å². The smallest absolute Gasteiger partial charge is 0.410 e. The van der Waals surface area contributed by atoms with E-state index in [2.05, 4.69) is 10.3 Å². The lowest BCUT2D eigenvalue weighted by molar-refractivity contribution is -0.384. The van der Waals surface area contributed by atoms with Crippen molar-refractivity contribution in [2.75, 3.05) is 26.7 Å². The van der Waals surface area contributed by atoms with Crippen molar-refractivity contribution in [1.29, 1.82) is 0 Å². The first kappa shape index (κ1) is 36.3. The Morgan fingerprint density at radius 1 is 1.12 bits per heavy atom. The SMILES string of the molecule is COC(=O)CC(NC(=O)[C@@H]1CC=CN(C(=O)CCC2CCN(C(=O)OC(C)(C)C)CC2)C1)c1cncc(-c2ccc(Cl)c([N+](=O)[O-])c2)c1. The number of nitrogens with zero attached hydrogens (tertiary/aromatic N) is 4. The molecule has 258 valence electrons. The summed E-state index contributed by atoms with van der Waals surface area (Å²) < 4.78 is 10.3. The van der Waals surface area contributed by atoms with Crippen molar-refractivity contribution >= 4 is 41.2 Å². The van der Waals surface area contributed by atoms with Crippen LogP contribution in [0.3, 0.4) is 0 Å². The fraction of sp³-hybridized carbons (Fsp3) is 0.500. The number of esters is 1. The van der Waals surface area contributed by atoms with Crippen LogP contribution >= 0.6 is 11.6 Å². The van der Waals surface area contributed by atoms with E-state index in [1.807, 2.05) is 20.8 Å². The van der Waals surface area contributed by atoms with Crippen LogP contribution in [-0.2, 0) is 23.9 Å². The van der Waals surface area contributed by atoms with Crippen LogP contribution in [0.5, 0.6) is 0 Å². The molecule has 3 heterocycles. The fourth-order valence-electron chi connectivity index (χ4n) is 5.73. The predicted octanol–water partition coefficient (Wildman–Crippen LogP) is 5.82. The highest BCUT2D eigenvalue weighted by Gasteiger charge is 2.31. The molecule has 1 fully saturated rings. The largest absolute Gasteiger partial charge is 0.469 e. The third-order valence-electron chi connectivity index (χ3n) is 8.40. The summed E-state index contributed by atoms with van der Waals surface area (Å²) in [5.74, 6) is -1.22. The van der Waals surface area contributed by atoms with Crippen LogP contribution in [0.1, 0.15) is 70.9 Å². The Kier molecular flexibility index (Phi) is 12.1. The monoisotopic (exact) mass is 683 g/mol. The van der Waals surface area contributed by atoms with Gasteiger partial charge in [0.15, 0.2) is 0 Å². The molecule has 14 heteroatoms. The van der Waals surface area contributed by atoms with E-state index in [0.29, 0.717) is 55.0 Å². The number of nitrogens with one attached hydrogen (secondary N) is 1. The van der Waals surface area contributed by atoms with E-state index in [1.54, 1.807) is 34.2 Å². The summed E-state index contributed by atoms with van der Waals surface area (Å²) in [6, 6.07) is 5.28. The van der Waals surface area contributed by atoms with E-state index >= 15 is 0 Å².